The third-order valence-corrected chi connectivity index (χ3v) is 15.7. The van der Waals surface area contributed by atoms with Crippen molar-refractivity contribution >= 4 is 5.91 Å². The molecule has 3 N–H and O–H groups in total. The minimum atomic E-state index is -1.14. The predicted octanol–water partition coefficient (Wildman–Crippen LogP) is 4.89. The molecule has 45 heavy (non-hydrogen) atoms. The Kier molecular flexibility index (Phi) is 7.43. The zero-order valence-corrected chi connectivity index (χ0v) is 28.6. The van der Waals surface area contributed by atoms with Crippen LogP contribution in [-0.2, 0) is 19.0 Å². The molecule has 13 atom stereocenters. The number of hydrogen-bond acceptors (Lipinski definition) is 7. The number of nitrogens with zero attached hydrogens (tertiary/aromatic N) is 1. The normalized spacial score (nSPS) is 51.5. The molecule has 3 saturated heterocycles. The van der Waals surface area contributed by atoms with Gasteiger partial charge in [0.2, 0.25) is 5.91 Å². The molecule has 3 heterocycles. The molecule has 8 heteroatoms. The SMILES string of the molecule is CC12CC[C@@]34CC35CC[C@H](OC3CN([C@H]6CCCNC6=O)CCO3)C(C)(C)C5CCC4C1CC1OC([C@H](O)C(C)(C)O)CCC12.[HH]. The molecule has 0 bridgehead atoms. The Labute approximate surface area is 272 Å². The van der Waals surface area contributed by atoms with Crippen LogP contribution >= 0.6 is 0 Å². The van der Waals surface area contributed by atoms with Gasteiger partial charge in [-0.1, -0.05) is 20.8 Å². The third-order valence-electron chi connectivity index (χ3n) is 15.7. The molecule has 8 nitrogen and oxygen atoms in total. The maximum Gasteiger partial charge on any atom is 0.237 e. The van der Waals surface area contributed by atoms with Crippen LogP contribution in [0.5, 0.6) is 0 Å². The largest absolute Gasteiger partial charge is 0.388 e. The van der Waals surface area contributed by atoms with E-state index in [9.17, 15) is 15.0 Å². The van der Waals surface area contributed by atoms with Gasteiger partial charge in [-0.3, -0.25) is 9.69 Å². The summed E-state index contributed by atoms with van der Waals surface area (Å²) in [5.41, 5.74) is 0.216. The molecule has 8 rings (SSSR count). The highest BCUT2D eigenvalue weighted by molar-refractivity contribution is 5.82. The summed E-state index contributed by atoms with van der Waals surface area (Å²) >= 11 is 0. The summed E-state index contributed by atoms with van der Waals surface area (Å²) in [5.74, 6) is 2.91. The number of carbonyl (C=O) groups is 1. The van der Waals surface area contributed by atoms with Crippen molar-refractivity contribution in [3.8, 4) is 0 Å². The molecule has 8 fully saturated rings. The second-order valence-electron chi connectivity index (χ2n) is 18.3. The van der Waals surface area contributed by atoms with E-state index in [0.717, 1.165) is 57.5 Å². The van der Waals surface area contributed by atoms with Crippen LogP contribution in [0.3, 0.4) is 0 Å². The molecule has 0 aromatic heterocycles. The number of morpholine rings is 1. The number of nitrogens with one attached hydrogen (secondary N) is 1. The number of amides is 1. The second-order valence-corrected chi connectivity index (χ2v) is 18.3. The van der Waals surface area contributed by atoms with Gasteiger partial charge in [-0.2, -0.15) is 0 Å². The molecule has 0 aromatic rings. The summed E-state index contributed by atoms with van der Waals surface area (Å²) in [5, 5.41) is 24.4. The van der Waals surface area contributed by atoms with Gasteiger partial charge in [-0.15, -0.1) is 0 Å². The van der Waals surface area contributed by atoms with Crippen LogP contribution in [0.2, 0.25) is 0 Å². The van der Waals surface area contributed by atoms with Crippen LogP contribution in [0.25, 0.3) is 0 Å². The van der Waals surface area contributed by atoms with Crippen LogP contribution in [-0.4, -0.2) is 89.6 Å². The Morgan fingerprint density at radius 1 is 1.02 bits per heavy atom. The monoisotopic (exact) mass is 630 g/mol. The number of rotatable bonds is 5. The average molecular weight is 631 g/mol. The van der Waals surface area contributed by atoms with Crippen LogP contribution in [0.4, 0.5) is 0 Å². The van der Waals surface area contributed by atoms with Gasteiger partial charge in [0.15, 0.2) is 6.29 Å². The van der Waals surface area contributed by atoms with Crippen molar-refractivity contribution < 1.29 is 30.6 Å². The van der Waals surface area contributed by atoms with Gasteiger partial charge < -0.3 is 29.7 Å². The smallest absolute Gasteiger partial charge is 0.237 e. The van der Waals surface area contributed by atoms with E-state index in [2.05, 4.69) is 31.0 Å². The Morgan fingerprint density at radius 3 is 2.60 bits per heavy atom. The summed E-state index contributed by atoms with van der Waals surface area (Å²) in [6, 6.07) is -0.0442. The quantitative estimate of drug-likeness (QED) is 0.398. The molecule has 2 spiro atoms. The van der Waals surface area contributed by atoms with Gasteiger partial charge in [0.05, 0.1) is 43.1 Å². The van der Waals surface area contributed by atoms with Crippen molar-refractivity contribution in [1.29, 1.82) is 0 Å². The first-order chi connectivity index (χ1) is 21.3. The van der Waals surface area contributed by atoms with E-state index in [-0.39, 0.29) is 43.4 Å². The lowest BCUT2D eigenvalue weighted by Crippen LogP contribution is -2.58. The molecule has 0 radical (unpaired) electrons. The highest BCUT2D eigenvalue weighted by atomic mass is 16.7. The predicted molar refractivity (Wildman–Crippen MR) is 172 cm³/mol. The maximum atomic E-state index is 12.6. The van der Waals surface area contributed by atoms with Crippen molar-refractivity contribution in [2.75, 3.05) is 26.2 Å². The first-order valence-electron chi connectivity index (χ1n) is 18.6. The molecule has 3 aliphatic heterocycles. The van der Waals surface area contributed by atoms with Crippen molar-refractivity contribution in [2.24, 2.45) is 45.3 Å². The number of ether oxygens (including phenoxy) is 3. The van der Waals surface area contributed by atoms with Crippen LogP contribution in [0, 0.1) is 45.3 Å². The lowest BCUT2D eigenvalue weighted by atomic mass is 9.46. The van der Waals surface area contributed by atoms with E-state index in [0.29, 0.717) is 47.2 Å². The van der Waals surface area contributed by atoms with E-state index in [1.54, 1.807) is 13.8 Å². The zero-order chi connectivity index (χ0) is 31.6. The molecule has 1 amide bonds. The molecule has 256 valence electrons. The first-order valence-corrected chi connectivity index (χ1v) is 18.6. The molecular weight excluding hydrogens is 568 g/mol. The molecule has 8 aliphatic rings. The third kappa shape index (κ3) is 4.61. The topological polar surface area (TPSA) is 100 Å². The summed E-state index contributed by atoms with van der Waals surface area (Å²) in [4.78, 5) is 14.9. The Bertz CT molecular complexity index is 1180. The second kappa shape index (κ2) is 10.6. The maximum absolute atomic E-state index is 12.6. The fourth-order valence-corrected chi connectivity index (χ4v) is 13.5. The van der Waals surface area contributed by atoms with Gasteiger partial charge in [-0.05, 0) is 136 Å². The first kappa shape index (κ1) is 31.5. The Balaban J connectivity index is 0.00000338. The van der Waals surface area contributed by atoms with Crippen LogP contribution in [0.1, 0.15) is 113 Å². The summed E-state index contributed by atoms with van der Waals surface area (Å²) < 4.78 is 19.8. The van der Waals surface area contributed by atoms with Crippen LogP contribution < -0.4 is 5.32 Å². The van der Waals surface area contributed by atoms with Crippen molar-refractivity contribution in [3.05, 3.63) is 0 Å². The van der Waals surface area contributed by atoms with Gasteiger partial charge in [-0.25, -0.2) is 0 Å². The lowest BCUT2D eigenvalue weighted by molar-refractivity contribution is -0.247. The fraction of sp³-hybridized carbons (Fsp3) is 0.973. The van der Waals surface area contributed by atoms with E-state index in [1.165, 1.54) is 38.5 Å². The van der Waals surface area contributed by atoms with E-state index < -0.39 is 11.7 Å². The highest BCUT2D eigenvalue weighted by Gasteiger charge is 2.80. The number of hydrogen-bond donors (Lipinski definition) is 3. The van der Waals surface area contributed by atoms with E-state index in [4.69, 9.17) is 14.2 Å². The fourth-order valence-electron chi connectivity index (χ4n) is 13.5. The molecule has 5 saturated carbocycles. The number of fused-ring (bicyclic) bond motifs is 4. The zero-order valence-electron chi connectivity index (χ0n) is 28.6. The van der Waals surface area contributed by atoms with E-state index in [1.807, 2.05) is 0 Å². The lowest BCUT2D eigenvalue weighted by Gasteiger charge is -2.60. The molecule has 9 unspecified atom stereocenters. The van der Waals surface area contributed by atoms with Crippen LogP contribution in [0.15, 0.2) is 0 Å². The summed E-state index contributed by atoms with van der Waals surface area (Å²) in [7, 11) is 0. The van der Waals surface area contributed by atoms with Gasteiger partial charge >= 0.3 is 0 Å². The molecule has 5 aliphatic carbocycles. The van der Waals surface area contributed by atoms with Gasteiger partial charge in [0, 0.05) is 14.5 Å². The Morgan fingerprint density at radius 2 is 1.82 bits per heavy atom. The minimum Gasteiger partial charge on any atom is -0.388 e. The summed E-state index contributed by atoms with van der Waals surface area (Å²) in [6.07, 6.45) is 13.2. The van der Waals surface area contributed by atoms with Crippen molar-refractivity contribution in [1.82, 2.24) is 10.2 Å². The summed E-state index contributed by atoms with van der Waals surface area (Å²) in [6.45, 7) is 13.9. The van der Waals surface area contributed by atoms with Gasteiger partial charge in [0.1, 0.15) is 6.10 Å². The van der Waals surface area contributed by atoms with Crippen molar-refractivity contribution in [2.45, 2.75) is 154 Å². The number of carbonyl (C=O) groups excluding carboxylic acids is 1. The number of aliphatic hydroxyl groups excluding tert-OH is 1. The highest BCUT2D eigenvalue weighted by Crippen LogP contribution is 2.87. The van der Waals surface area contributed by atoms with Crippen molar-refractivity contribution in [3.63, 3.8) is 0 Å². The standard InChI is InChI=1S/C37H60N2O6.H2/c1-33(2)28-11-9-22-24-19-27-23(8-10-26(44-27)31(40)34(3,4)42)35(24,5)14-15-36(22)21-37(28,36)13-12-29(33)45-30-20-39(17-18-43-30)25-7-6-16-38-32(25)41;/h22-31,40,42H,6-21H2,1-5H3,(H,38,41);1H/t22?,23?,24?,25-,26?,27?,28?,29-,30?,31-,35?,36-,37?;/m0./s1. The number of aliphatic hydroxyl groups is 2. The number of piperidine rings is 1. The average Bonchev–Trinajstić information content (AvgIpc) is 3.58. The Hall–Kier alpha value is -0.770. The molecular formula is C37H62N2O6. The van der Waals surface area contributed by atoms with E-state index >= 15 is 0 Å². The minimum absolute atomic E-state index is 0. The molecule has 0 aromatic carbocycles. The van der Waals surface area contributed by atoms with Gasteiger partial charge in [0.25, 0.3) is 0 Å².